The molecule has 7 rings (SSSR count). The molecule has 4 aromatic heterocycles. The van der Waals surface area contributed by atoms with Crippen LogP contribution in [0.3, 0.4) is 0 Å². The van der Waals surface area contributed by atoms with Crippen molar-refractivity contribution in [3.8, 4) is 10.6 Å². The van der Waals surface area contributed by atoms with Gasteiger partial charge in [-0.05, 0) is 45.4 Å². The lowest BCUT2D eigenvalue weighted by Gasteiger charge is -2.32. The summed E-state index contributed by atoms with van der Waals surface area (Å²) in [5.74, 6) is 2.75. The summed E-state index contributed by atoms with van der Waals surface area (Å²) in [5, 5.41) is 4.38. The second kappa shape index (κ2) is 9.27. The van der Waals surface area contributed by atoms with Crippen LogP contribution < -0.4 is 10.2 Å². The molecule has 0 amide bonds. The molecular formula is C27H30N8OS. The quantitative estimate of drug-likeness (QED) is 0.416. The zero-order valence-electron chi connectivity index (χ0n) is 21.1. The number of rotatable bonds is 5. The van der Waals surface area contributed by atoms with Crippen LogP contribution in [0.4, 0.5) is 17.6 Å². The molecule has 0 aliphatic carbocycles. The van der Waals surface area contributed by atoms with Crippen molar-refractivity contribution in [2.45, 2.75) is 44.2 Å². The first kappa shape index (κ1) is 22.9. The zero-order chi connectivity index (χ0) is 24.9. The van der Waals surface area contributed by atoms with Gasteiger partial charge in [0.15, 0.2) is 0 Å². The molecule has 190 valence electrons. The summed E-state index contributed by atoms with van der Waals surface area (Å²) in [4.78, 5) is 28.6. The molecule has 3 aliphatic rings. The molecule has 0 saturated carbocycles. The predicted molar refractivity (Wildman–Crippen MR) is 146 cm³/mol. The zero-order valence-corrected chi connectivity index (χ0v) is 21.9. The number of likely N-dealkylation sites (tertiary alicyclic amines) is 1. The van der Waals surface area contributed by atoms with Gasteiger partial charge in [-0.1, -0.05) is 0 Å². The largest absolute Gasteiger partial charge is 0.381 e. The van der Waals surface area contributed by atoms with E-state index in [1.807, 2.05) is 37.5 Å². The van der Waals surface area contributed by atoms with E-state index in [1.54, 1.807) is 11.3 Å². The lowest BCUT2D eigenvalue weighted by molar-refractivity contribution is 0.0845. The van der Waals surface area contributed by atoms with Gasteiger partial charge in [0.05, 0.1) is 10.2 Å². The summed E-state index contributed by atoms with van der Waals surface area (Å²) in [6, 6.07) is 9.29. The molecule has 9 nitrogen and oxygen atoms in total. The molecule has 37 heavy (non-hydrogen) atoms. The second-order valence-corrected chi connectivity index (χ2v) is 11.4. The highest BCUT2D eigenvalue weighted by molar-refractivity contribution is 7.21. The SMILES string of the molecule is Cc1cc(Nc2cc3nc(-c4ccnc(C5CCOCC5)c4)sc3cn2)nc(N2C[C@@H]3C[C@H]2CN3C)n1. The van der Waals surface area contributed by atoms with Crippen LogP contribution in [0.15, 0.2) is 36.7 Å². The number of pyridine rings is 2. The number of nitrogens with one attached hydrogen (secondary N) is 1. The highest BCUT2D eigenvalue weighted by atomic mass is 32.1. The predicted octanol–water partition coefficient (Wildman–Crippen LogP) is 4.38. The Morgan fingerprint density at radius 1 is 1.00 bits per heavy atom. The van der Waals surface area contributed by atoms with Gasteiger partial charge >= 0.3 is 0 Å². The van der Waals surface area contributed by atoms with Crippen molar-refractivity contribution < 1.29 is 4.74 Å². The number of fused-ring (bicyclic) bond motifs is 3. The molecule has 7 heterocycles. The number of likely N-dealkylation sites (N-methyl/N-ethyl adjacent to an activating group) is 1. The Bertz CT molecular complexity index is 1450. The number of anilines is 3. The summed E-state index contributed by atoms with van der Waals surface area (Å²) < 4.78 is 6.58. The Hall–Kier alpha value is -3.21. The third-order valence-electron chi connectivity index (χ3n) is 7.81. The molecule has 0 unspecified atom stereocenters. The number of ether oxygens (including phenoxy) is 1. The normalized spacial score (nSPS) is 22.3. The lowest BCUT2D eigenvalue weighted by Crippen LogP contribution is -2.45. The van der Waals surface area contributed by atoms with Crippen LogP contribution in [0, 0.1) is 6.92 Å². The van der Waals surface area contributed by atoms with Gasteiger partial charge in [-0.2, -0.15) is 4.98 Å². The molecule has 0 spiro atoms. The Labute approximate surface area is 220 Å². The molecular weight excluding hydrogens is 484 g/mol. The van der Waals surface area contributed by atoms with E-state index in [0.717, 1.165) is 88.9 Å². The molecule has 3 fully saturated rings. The van der Waals surface area contributed by atoms with E-state index < -0.39 is 0 Å². The first-order chi connectivity index (χ1) is 18.1. The van der Waals surface area contributed by atoms with Crippen LogP contribution in [0.2, 0.25) is 0 Å². The van der Waals surface area contributed by atoms with Crippen LogP contribution in [0.5, 0.6) is 0 Å². The van der Waals surface area contributed by atoms with Gasteiger partial charge in [-0.25, -0.2) is 15.0 Å². The number of nitrogens with zero attached hydrogens (tertiary/aromatic N) is 7. The van der Waals surface area contributed by atoms with Gasteiger partial charge in [0.25, 0.3) is 0 Å². The van der Waals surface area contributed by atoms with Gasteiger partial charge in [0.1, 0.15) is 16.6 Å². The van der Waals surface area contributed by atoms with E-state index in [0.29, 0.717) is 18.0 Å². The fraction of sp³-hybridized carbons (Fsp3) is 0.444. The van der Waals surface area contributed by atoms with Crippen LogP contribution >= 0.6 is 11.3 Å². The lowest BCUT2D eigenvalue weighted by atomic mass is 9.95. The molecule has 3 aliphatic heterocycles. The highest BCUT2D eigenvalue weighted by Gasteiger charge is 2.42. The summed E-state index contributed by atoms with van der Waals surface area (Å²) >= 11 is 1.66. The molecule has 3 saturated heterocycles. The van der Waals surface area contributed by atoms with Crippen molar-refractivity contribution in [3.05, 3.63) is 48.0 Å². The second-order valence-electron chi connectivity index (χ2n) is 10.4. The van der Waals surface area contributed by atoms with Crippen LogP contribution in [-0.2, 0) is 4.74 Å². The van der Waals surface area contributed by atoms with Crippen LogP contribution in [0.25, 0.3) is 20.8 Å². The van der Waals surface area contributed by atoms with Crippen molar-refractivity contribution in [3.63, 3.8) is 0 Å². The summed E-state index contributed by atoms with van der Waals surface area (Å²) in [6.07, 6.45) is 7.03. The van der Waals surface area contributed by atoms with Crippen molar-refractivity contribution in [2.24, 2.45) is 0 Å². The fourth-order valence-corrected chi connectivity index (χ4v) is 6.72. The topological polar surface area (TPSA) is 92.2 Å². The van der Waals surface area contributed by atoms with Gasteiger partial charge in [-0.3, -0.25) is 9.88 Å². The maximum absolute atomic E-state index is 5.52. The Morgan fingerprint density at radius 3 is 2.70 bits per heavy atom. The number of aromatic nitrogens is 5. The van der Waals surface area contributed by atoms with Crippen molar-refractivity contribution in [1.29, 1.82) is 0 Å². The number of aryl methyl sites for hydroxylation is 1. The van der Waals surface area contributed by atoms with Crippen LogP contribution in [0.1, 0.15) is 36.6 Å². The van der Waals surface area contributed by atoms with Gasteiger partial charge in [0.2, 0.25) is 5.95 Å². The van der Waals surface area contributed by atoms with Gasteiger partial charge in [0, 0.05) is 85.8 Å². The molecule has 0 aromatic carbocycles. The minimum absolute atomic E-state index is 0.457. The molecule has 4 aromatic rings. The summed E-state index contributed by atoms with van der Waals surface area (Å²) in [7, 11) is 2.21. The standard InChI is InChI=1S/C27H30N8OS/c1-16-9-25(33-27(30-16)35-15-19-11-20(35)14-34(19)2)32-24-12-22-23(13-29-24)37-26(31-22)18-3-6-28-21(10-18)17-4-7-36-8-5-17/h3,6,9-10,12-13,17,19-20H,4-5,7-8,11,14-15H2,1-2H3,(H,29,30,32,33)/t19-,20-/m0/s1. The minimum atomic E-state index is 0.457. The molecule has 0 radical (unpaired) electrons. The van der Waals surface area contributed by atoms with Crippen molar-refractivity contribution in [1.82, 2.24) is 29.8 Å². The summed E-state index contributed by atoms with van der Waals surface area (Å²) in [5.41, 5.74) is 4.11. The fourth-order valence-electron chi connectivity index (χ4n) is 5.81. The molecule has 1 N–H and O–H groups in total. The van der Waals surface area contributed by atoms with E-state index in [9.17, 15) is 0 Å². The van der Waals surface area contributed by atoms with E-state index in [4.69, 9.17) is 19.7 Å². The summed E-state index contributed by atoms with van der Waals surface area (Å²) in [6.45, 7) is 5.69. The average Bonchev–Trinajstić information content (AvgIpc) is 3.63. The molecule has 2 bridgehead atoms. The number of thiazole rings is 1. The third kappa shape index (κ3) is 4.43. The molecule has 10 heteroatoms. The number of hydrogen-bond donors (Lipinski definition) is 1. The van der Waals surface area contributed by atoms with Crippen LogP contribution in [-0.4, -0.2) is 75.3 Å². The van der Waals surface area contributed by atoms with E-state index in [-0.39, 0.29) is 0 Å². The Balaban J connectivity index is 1.13. The first-order valence-corrected chi connectivity index (χ1v) is 13.8. The smallest absolute Gasteiger partial charge is 0.227 e. The van der Waals surface area contributed by atoms with Crippen molar-refractivity contribution in [2.75, 3.05) is 43.6 Å². The van der Waals surface area contributed by atoms with Gasteiger partial charge in [-0.15, -0.1) is 11.3 Å². The minimum Gasteiger partial charge on any atom is -0.381 e. The Kier molecular flexibility index (Phi) is 5.75. The van der Waals surface area contributed by atoms with E-state index >= 15 is 0 Å². The number of hydrogen-bond acceptors (Lipinski definition) is 10. The Morgan fingerprint density at radius 2 is 1.89 bits per heavy atom. The maximum atomic E-state index is 5.52. The van der Waals surface area contributed by atoms with E-state index in [1.165, 1.54) is 6.42 Å². The van der Waals surface area contributed by atoms with Crippen molar-refractivity contribution >= 4 is 39.1 Å². The molecule has 2 atom stereocenters. The van der Waals surface area contributed by atoms with E-state index in [2.05, 4.69) is 38.2 Å². The highest BCUT2D eigenvalue weighted by Crippen LogP contribution is 2.35. The first-order valence-electron chi connectivity index (χ1n) is 13.0. The van der Waals surface area contributed by atoms with Gasteiger partial charge < -0.3 is 15.0 Å². The number of piperazine rings is 1. The average molecular weight is 515 g/mol. The maximum Gasteiger partial charge on any atom is 0.227 e. The monoisotopic (exact) mass is 514 g/mol. The third-order valence-corrected chi connectivity index (χ3v) is 8.87.